The van der Waals surface area contributed by atoms with Crippen molar-refractivity contribution in [1.29, 1.82) is 0 Å². The molecular weight excluding hydrogens is 170 g/mol. The van der Waals surface area contributed by atoms with Crippen molar-refractivity contribution in [2.24, 2.45) is 0 Å². The Hall–Kier alpha value is -1.58. The molecule has 0 amide bonds. The summed E-state index contributed by atoms with van der Waals surface area (Å²) in [5.41, 5.74) is 0. The van der Waals surface area contributed by atoms with Gasteiger partial charge in [0.1, 0.15) is 5.76 Å². The van der Waals surface area contributed by atoms with E-state index in [1.54, 1.807) is 24.3 Å². The van der Waals surface area contributed by atoms with Gasteiger partial charge in [0, 0.05) is 4.92 Å². The Balaban J connectivity index is 2.74. The fourth-order valence-electron chi connectivity index (χ4n) is 1.14. The number of nitrogens with zero attached hydrogens (tertiary/aromatic N) is 1. The SMILES string of the molecule is C/C=C/[C@H](C[N+](=O)[O-])c1ccco1. The van der Waals surface area contributed by atoms with Gasteiger partial charge in [0.05, 0.1) is 12.2 Å². The second kappa shape index (κ2) is 4.45. The molecule has 4 nitrogen and oxygen atoms in total. The van der Waals surface area contributed by atoms with Crippen LogP contribution in [0.15, 0.2) is 35.0 Å². The Morgan fingerprint density at radius 2 is 2.54 bits per heavy atom. The number of hydrogen-bond acceptors (Lipinski definition) is 3. The smallest absolute Gasteiger partial charge is 0.217 e. The van der Waals surface area contributed by atoms with Crippen molar-refractivity contribution in [2.45, 2.75) is 12.8 Å². The third-order valence-electron chi connectivity index (χ3n) is 1.68. The molecule has 0 aromatic carbocycles. The average Bonchev–Trinajstić information content (AvgIpc) is 2.54. The summed E-state index contributed by atoms with van der Waals surface area (Å²) in [5.74, 6) is 0.379. The fraction of sp³-hybridized carbons (Fsp3) is 0.333. The molecule has 70 valence electrons. The lowest BCUT2D eigenvalue weighted by molar-refractivity contribution is -0.482. The van der Waals surface area contributed by atoms with E-state index in [-0.39, 0.29) is 17.4 Å². The first-order valence-electron chi connectivity index (χ1n) is 4.02. The maximum Gasteiger partial charge on any atom is 0.217 e. The maximum atomic E-state index is 10.3. The molecule has 0 N–H and O–H groups in total. The molecule has 1 rings (SSSR count). The highest BCUT2D eigenvalue weighted by molar-refractivity contribution is 5.12. The van der Waals surface area contributed by atoms with Crippen molar-refractivity contribution in [3.8, 4) is 0 Å². The first-order chi connectivity index (χ1) is 6.24. The van der Waals surface area contributed by atoms with Crippen molar-refractivity contribution < 1.29 is 9.34 Å². The summed E-state index contributed by atoms with van der Waals surface area (Å²) in [5, 5.41) is 10.3. The molecule has 0 unspecified atom stereocenters. The van der Waals surface area contributed by atoms with Crippen molar-refractivity contribution in [1.82, 2.24) is 0 Å². The van der Waals surface area contributed by atoms with Gasteiger partial charge >= 0.3 is 0 Å². The van der Waals surface area contributed by atoms with E-state index >= 15 is 0 Å². The quantitative estimate of drug-likeness (QED) is 0.406. The largest absolute Gasteiger partial charge is 0.468 e. The van der Waals surface area contributed by atoms with Crippen LogP contribution in [0.4, 0.5) is 0 Å². The Kier molecular flexibility index (Phi) is 3.25. The first kappa shape index (κ1) is 9.51. The molecule has 13 heavy (non-hydrogen) atoms. The van der Waals surface area contributed by atoms with E-state index in [0.717, 1.165) is 0 Å². The van der Waals surface area contributed by atoms with Crippen LogP contribution in [0.5, 0.6) is 0 Å². The monoisotopic (exact) mass is 181 g/mol. The standard InChI is InChI=1S/C9H11NO3/c1-2-4-8(7-10(11)12)9-5-3-6-13-9/h2-6,8H,7H2,1H3/b4-2+/t8-/m1/s1. The summed E-state index contributed by atoms with van der Waals surface area (Å²) < 4.78 is 5.09. The molecule has 0 aliphatic rings. The van der Waals surface area contributed by atoms with E-state index < -0.39 is 0 Å². The summed E-state index contributed by atoms with van der Waals surface area (Å²) in [6, 6.07) is 3.47. The molecule has 0 bridgehead atoms. The van der Waals surface area contributed by atoms with E-state index in [2.05, 4.69) is 0 Å². The van der Waals surface area contributed by atoms with Crippen molar-refractivity contribution in [3.05, 3.63) is 46.4 Å². The number of allylic oxidation sites excluding steroid dienone is 1. The lowest BCUT2D eigenvalue weighted by Gasteiger charge is -2.03. The summed E-state index contributed by atoms with van der Waals surface area (Å²) in [4.78, 5) is 9.97. The van der Waals surface area contributed by atoms with E-state index in [1.807, 2.05) is 6.92 Å². The second-order valence-corrected chi connectivity index (χ2v) is 2.66. The fourth-order valence-corrected chi connectivity index (χ4v) is 1.14. The Bertz CT molecular complexity index is 290. The van der Waals surface area contributed by atoms with E-state index in [0.29, 0.717) is 5.76 Å². The molecule has 0 spiro atoms. The van der Waals surface area contributed by atoms with Crippen LogP contribution < -0.4 is 0 Å². The number of furan rings is 1. The van der Waals surface area contributed by atoms with E-state index in [1.165, 1.54) is 6.26 Å². The van der Waals surface area contributed by atoms with Gasteiger partial charge in [-0.2, -0.15) is 0 Å². The van der Waals surface area contributed by atoms with Gasteiger partial charge in [-0.15, -0.1) is 0 Å². The van der Waals surface area contributed by atoms with Gasteiger partial charge in [0.25, 0.3) is 0 Å². The zero-order chi connectivity index (χ0) is 9.68. The highest BCUT2D eigenvalue weighted by Crippen LogP contribution is 2.17. The average molecular weight is 181 g/mol. The topological polar surface area (TPSA) is 56.3 Å². The highest BCUT2D eigenvalue weighted by atomic mass is 16.6. The van der Waals surface area contributed by atoms with Crippen LogP contribution in [-0.4, -0.2) is 11.5 Å². The highest BCUT2D eigenvalue weighted by Gasteiger charge is 2.16. The summed E-state index contributed by atoms with van der Waals surface area (Å²) in [6.45, 7) is 1.70. The summed E-state index contributed by atoms with van der Waals surface area (Å²) in [7, 11) is 0. The third kappa shape index (κ3) is 2.74. The zero-order valence-corrected chi connectivity index (χ0v) is 7.34. The van der Waals surface area contributed by atoms with Gasteiger partial charge < -0.3 is 4.42 Å². The van der Waals surface area contributed by atoms with Crippen LogP contribution in [0.1, 0.15) is 18.6 Å². The normalized spacial score (nSPS) is 13.3. The lowest BCUT2D eigenvalue weighted by Crippen LogP contribution is -2.09. The van der Waals surface area contributed by atoms with Crippen LogP contribution in [0.2, 0.25) is 0 Å². The van der Waals surface area contributed by atoms with Crippen LogP contribution in [0.3, 0.4) is 0 Å². The van der Waals surface area contributed by atoms with Crippen LogP contribution in [-0.2, 0) is 0 Å². The molecule has 1 aromatic rings. The molecule has 1 atom stereocenters. The molecule has 0 saturated heterocycles. The molecule has 0 aliphatic heterocycles. The molecule has 0 aliphatic carbocycles. The molecule has 1 heterocycles. The molecule has 0 fully saturated rings. The number of hydrogen-bond donors (Lipinski definition) is 0. The minimum absolute atomic E-state index is 0.127. The number of nitro groups is 1. The summed E-state index contributed by atoms with van der Waals surface area (Å²) >= 11 is 0. The Morgan fingerprint density at radius 3 is 3.00 bits per heavy atom. The van der Waals surface area contributed by atoms with Crippen molar-refractivity contribution in [3.63, 3.8) is 0 Å². The molecule has 1 aromatic heterocycles. The van der Waals surface area contributed by atoms with Crippen LogP contribution in [0.25, 0.3) is 0 Å². The van der Waals surface area contributed by atoms with Gasteiger partial charge in [-0.3, -0.25) is 10.1 Å². The van der Waals surface area contributed by atoms with Gasteiger partial charge in [-0.25, -0.2) is 0 Å². The van der Waals surface area contributed by atoms with Gasteiger partial charge in [-0.1, -0.05) is 12.2 Å². The maximum absolute atomic E-state index is 10.3. The van der Waals surface area contributed by atoms with Gasteiger partial charge in [-0.05, 0) is 19.1 Å². The summed E-state index contributed by atoms with van der Waals surface area (Å²) in [6.07, 6.45) is 5.07. The van der Waals surface area contributed by atoms with E-state index in [4.69, 9.17) is 4.42 Å². The minimum Gasteiger partial charge on any atom is -0.468 e. The molecule has 0 radical (unpaired) electrons. The molecule has 4 heteroatoms. The van der Waals surface area contributed by atoms with E-state index in [9.17, 15) is 10.1 Å². The van der Waals surface area contributed by atoms with Crippen LogP contribution >= 0.6 is 0 Å². The van der Waals surface area contributed by atoms with Gasteiger partial charge in [0.2, 0.25) is 6.54 Å². The Morgan fingerprint density at radius 1 is 1.77 bits per heavy atom. The molecular formula is C9H11NO3. The number of rotatable bonds is 4. The van der Waals surface area contributed by atoms with Crippen molar-refractivity contribution in [2.75, 3.05) is 6.54 Å². The first-order valence-corrected chi connectivity index (χ1v) is 4.02. The Labute approximate surface area is 76.0 Å². The predicted octanol–water partition coefficient (Wildman–Crippen LogP) is 2.22. The third-order valence-corrected chi connectivity index (χ3v) is 1.68. The molecule has 0 saturated carbocycles. The van der Waals surface area contributed by atoms with Gasteiger partial charge in [0.15, 0.2) is 0 Å². The zero-order valence-electron chi connectivity index (χ0n) is 7.34. The lowest BCUT2D eigenvalue weighted by atomic mass is 10.1. The minimum atomic E-state index is -0.340. The predicted molar refractivity (Wildman–Crippen MR) is 48.1 cm³/mol. The van der Waals surface area contributed by atoms with Crippen molar-refractivity contribution >= 4 is 0 Å². The van der Waals surface area contributed by atoms with Crippen LogP contribution in [0, 0.1) is 10.1 Å². The second-order valence-electron chi connectivity index (χ2n) is 2.66.